The van der Waals surface area contributed by atoms with E-state index in [4.69, 9.17) is 0 Å². The van der Waals surface area contributed by atoms with E-state index in [0.29, 0.717) is 5.78 Å². The van der Waals surface area contributed by atoms with E-state index in [2.05, 4.69) is 12.1 Å². The lowest BCUT2D eigenvalue weighted by atomic mass is 9.92. The Morgan fingerprint density at radius 3 is 3.00 bits per heavy atom. The lowest BCUT2D eigenvalue weighted by molar-refractivity contribution is 0.0917. The predicted octanol–water partition coefficient (Wildman–Crippen LogP) is 3.79. The van der Waals surface area contributed by atoms with E-state index >= 15 is 0 Å². The Labute approximate surface area is 97.2 Å². The van der Waals surface area contributed by atoms with Gasteiger partial charge in [0.15, 0.2) is 5.78 Å². The number of aryl methyl sites for hydroxylation is 1. The first kappa shape index (κ1) is 11.1. The van der Waals surface area contributed by atoms with Gasteiger partial charge in [-0.2, -0.15) is 0 Å². The van der Waals surface area contributed by atoms with Crippen molar-refractivity contribution < 1.29 is 4.79 Å². The van der Waals surface area contributed by atoms with Crippen molar-refractivity contribution in [3.63, 3.8) is 0 Å². The summed E-state index contributed by atoms with van der Waals surface area (Å²) in [5.41, 5.74) is 2.19. The summed E-state index contributed by atoms with van der Waals surface area (Å²) in [6.07, 6.45) is 8.24. The van der Waals surface area contributed by atoms with Crippen LogP contribution in [-0.4, -0.2) is 5.78 Å². The topological polar surface area (TPSA) is 17.1 Å². The van der Waals surface area contributed by atoms with Gasteiger partial charge in [-0.05, 0) is 38.2 Å². The van der Waals surface area contributed by atoms with Gasteiger partial charge < -0.3 is 0 Å². The van der Waals surface area contributed by atoms with Crippen molar-refractivity contribution in [2.75, 3.05) is 0 Å². The number of fused-ring (bicyclic) bond motifs is 1. The van der Waals surface area contributed by atoms with Gasteiger partial charge in [-0.25, -0.2) is 0 Å². The normalized spacial score (nSPS) is 20.8. The zero-order chi connectivity index (χ0) is 11.4. The molecule has 1 aliphatic rings. The molecule has 0 aromatic heterocycles. The number of hydrogen-bond donors (Lipinski definition) is 0. The summed E-state index contributed by atoms with van der Waals surface area (Å²) in [6, 6.07) is 8.06. The first-order valence-corrected chi connectivity index (χ1v) is 6.06. The first-order chi connectivity index (χ1) is 7.83. The molecule has 0 spiro atoms. The fraction of sp³-hybridized carbons (Fsp3) is 0.400. The summed E-state index contributed by atoms with van der Waals surface area (Å²) in [5, 5.41) is 0. The van der Waals surface area contributed by atoms with Crippen LogP contribution >= 0.6 is 0 Å². The van der Waals surface area contributed by atoms with Gasteiger partial charge in [-0.1, -0.05) is 36.4 Å². The molecular weight excluding hydrogens is 196 g/mol. The lowest BCUT2D eigenvalue weighted by Gasteiger charge is -2.10. The van der Waals surface area contributed by atoms with Crippen molar-refractivity contribution in [2.24, 2.45) is 5.92 Å². The molecule has 1 aliphatic carbocycles. The van der Waals surface area contributed by atoms with Crippen LogP contribution in [0.4, 0.5) is 0 Å². The summed E-state index contributed by atoms with van der Waals surface area (Å²) in [6.45, 7) is 2.01. The predicted molar refractivity (Wildman–Crippen MR) is 66.6 cm³/mol. The Bertz CT molecular complexity index is 404. The molecular formula is C15H18O. The Balaban J connectivity index is 2.26. The SMILES string of the molecule is CC=CCC1CCCc2ccccc2C1=O. The standard InChI is InChI=1S/C15H18O/c1-2-3-7-13-10-6-9-12-8-4-5-11-14(12)15(13)16/h2-5,8,11,13H,6-7,9-10H2,1H3. The second-order valence-electron chi connectivity index (χ2n) is 4.42. The van der Waals surface area contributed by atoms with E-state index in [0.717, 1.165) is 31.2 Å². The monoisotopic (exact) mass is 214 g/mol. The molecule has 2 rings (SSSR count). The van der Waals surface area contributed by atoms with Gasteiger partial charge >= 0.3 is 0 Å². The zero-order valence-electron chi connectivity index (χ0n) is 9.78. The van der Waals surface area contributed by atoms with Gasteiger partial charge in [0, 0.05) is 11.5 Å². The van der Waals surface area contributed by atoms with Crippen LogP contribution in [0.2, 0.25) is 0 Å². The molecule has 1 unspecified atom stereocenters. The Morgan fingerprint density at radius 1 is 1.38 bits per heavy atom. The van der Waals surface area contributed by atoms with Gasteiger partial charge in [0.05, 0.1) is 0 Å². The molecule has 0 N–H and O–H groups in total. The minimum absolute atomic E-state index is 0.194. The van der Waals surface area contributed by atoms with E-state index in [-0.39, 0.29) is 5.92 Å². The number of rotatable bonds is 2. The molecule has 0 bridgehead atoms. The first-order valence-electron chi connectivity index (χ1n) is 6.06. The number of hydrogen-bond acceptors (Lipinski definition) is 1. The third-order valence-electron chi connectivity index (χ3n) is 3.31. The van der Waals surface area contributed by atoms with Crippen molar-refractivity contribution in [3.05, 3.63) is 47.5 Å². The quantitative estimate of drug-likeness (QED) is 0.540. The smallest absolute Gasteiger partial charge is 0.166 e. The van der Waals surface area contributed by atoms with Crippen LogP contribution in [0.15, 0.2) is 36.4 Å². The molecule has 0 amide bonds. The molecule has 1 atom stereocenters. The number of allylic oxidation sites excluding steroid dienone is 2. The molecule has 1 heteroatoms. The highest BCUT2D eigenvalue weighted by Crippen LogP contribution is 2.26. The summed E-state index contributed by atoms with van der Waals surface area (Å²) in [7, 11) is 0. The van der Waals surface area contributed by atoms with Gasteiger partial charge in [0.25, 0.3) is 0 Å². The van der Waals surface area contributed by atoms with Gasteiger partial charge in [-0.15, -0.1) is 0 Å². The van der Waals surface area contributed by atoms with E-state index in [1.165, 1.54) is 5.56 Å². The van der Waals surface area contributed by atoms with Crippen molar-refractivity contribution >= 4 is 5.78 Å². The number of ketones is 1. The van der Waals surface area contributed by atoms with Crippen LogP contribution in [0.25, 0.3) is 0 Å². The molecule has 1 nitrogen and oxygen atoms in total. The van der Waals surface area contributed by atoms with Gasteiger partial charge in [-0.3, -0.25) is 4.79 Å². The molecule has 84 valence electrons. The van der Waals surface area contributed by atoms with E-state index in [9.17, 15) is 4.79 Å². The summed E-state index contributed by atoms with van der Waals surface area (Å²) in [5.74, 6) is 0.533. The second kappa shape index (κ2) is 5.11. The summed E-state index contributed by atoms with van der Waals surface area (Å²) in [4.78, 5) is 12.3. The summed E-state index contributed by atoms with van der Waals surface area (Å²) >= 11 is 0. The fourth-order valence-electron chi connectivity index (χ4n) is 2.39. The summed E-state index contributed by atoms with van der Waals surface area (Å²) < 4.78 is 0. The van der Waals surface area contributed by atoms with Crippen LogP contribution in [0.3, 0.4) is 0 Å². The Kier molecular flexibility index (Phi) is 3.55. The minimum Gasteiger partial charge on any atom is -0.294 e. The molecule has 0 aliphatic heterocycles. The fourth-order valence-corrected chi connectivity index (χ4v) is 2.39. The third-order valence-corrected chi connectivity index (χ3v) is 3.31. The highest BCUT2D eigenvalue weighted by Gasteiger charge is 2.23. The minimum atomic E-state index is 0.194. The molecule has 0 radical (unpaired) electrons. The third kappa shape index (κ3) is 2.24. The van der Waals surface area contributed by atoms with Crippen LogP contribution in [0, 0.1) is 5.92 Å². The van der Waals surface area contributed by atoms with Gasteiger partial charge in [0.1, 0.15) is 0 Å². The number of Topliss-reactive ketones (excluding diaryl/α,β-unsaturated/α-hetero) is 1. The molecule has 1 aromatic rings. The molecule has 0 saturated carbocycles. The maximum Gasteiger partial charge on any atom is 0.166 e. The molecule has 16 heavy (non-hydrogen) atoms. The molecule has 1 aromatic carbocycles. The number of carbonyl (C=O) groups excluding carboxylic acids is 1. The van der Waals surface area contributed by atoms with Crippen molar-refractivity contribution in [1.82, 2.24) is 0 Å². The van der Waals surface area contributed by atoms with Crippen LogP contribution in [0.5, 0.6) is 0 Å². The Hall–Kier alpha value is -1.37. The van der Waals surface area contributed by atoms with Crippen LogP contribution in [-0.2, 0) is 6.42 Å². The van der Waals surface area contributed by atoms with E-state index < -0.39 is 0 Å². The van der Waals surface area contributed by atoms with Crippen LogP contribution < -0.4 is 0 Å². The molecule has 0 heterocycles. The van der Waals surface area contributed by atoms with Crippen molar-refractivity contribution in [2.45, 2.75) is 32.6 Å². The molecule has 0 saturated heterocycles. The number of carbonyl (C=O) groups is 1. The van der Waals surface area contributed by atoms with Crippen molar-refractivity contribution in [3.8, 4) is 0 Å². The highest BCUT2D eigenvalue weighted by atomic mass is 16.1. The maximum atomic E-state index is 12.3. The van der Waals surface area contributed by atoms with E-state index in [1.54, 1.807) is 0 Å². The average Bonchev–Trinajstić information content (AvgIpc) is 2.47. The van der Waals surface area contributed by atoms with E-state index in [1.807, 2.05) is 31.2 Å². The van der Waals surface area contributed by atoms with Gasteiger partial charge in [0.2, 0.25) is 0 Å². The maximum absolute atomic E-state index is 12.3. The average molecular weight is 214 g/mol. The second-order valence-corrected chi connectivity index (χ2v) is 4.42. The highest BCUT2D eigenvalue weighted by molar-refractivity contribution is 5.99. The Morgan fingerprint density at radius 2 is 2.19 bits per heavy atom. The lowest BCUT2D eigenvalue weighted by Crippen LogP contribution is -2.13. The number of benzene rings is 1. The molecule has 0 fully saturated rings. The van der Waals surface area contributed by atoms with Crippen molar-refractivity contribution in [1.29, 1.82) is 0 Å². The largest absolute Gasteiger partial charge is 0.294 e. The zero-order valence-corrected chi connectivity index (χ0v) is 9.78. The van der Waals surface area contributed by atoms with Crippen LogP contribution in [0.1, 0.15) is 42.1 Å².